The molecular formula is C20H20N4O2S2. The van der Waals surface area contributed by atoms with E-state index in [9.17, 15) is 9.59 Å². The number of aryl methyl sites for hydroxylation is 1. The minimum atomic E-state index is -0.0786. The first-order valence-electron chi connectivity index (χ1n) is 9.10. The molecule has 1 atom stereocenters. The number of rotatable bonds is 5. The van der Waals surface area contributed by atoms with E-state index in [0.29, 0.717) is 32.5 Å². The molecule has 28 heavy (non-hydrogen) atoms. The number of aromatic nitrogens is 4. The second-order valence-corrected chi connectivity index (χ2v) is 8.49. The largest absolute Gasteiger partial charge is 0.284 e. The predicted molar refractivity (Wildman–Crippen MR) is 115 cm³/mol. The van der Waals surface area contributed by atoms with Crippen LogP contribution in [0.15, 0.2) is 50.5 Å². The highest BCUT2D eigenvalue weighted by Gasteiger charge is 2.16. The number of hydrogen-bond acceptors (Lipinski definition) is 6. The molecule has 8 heteroatoms. The summed E-state index contributed by atoms with van der Waals surface area (Å²) in [4.78, 5) is 35.4. The molecule has 144 valence electrons. The monoisotopic (exact) mass is 412 g/mol. The molecule has 0 spiro atoms. The molecule has 4 aromatic rings. The minimum absolute atomic E-state index is 0.0280. The van der Waals surface area contributed by atoms with E-state index in [1.54, 1.807) is 15.0 Å². The van der Waals surface area contributed by atoms with Gasteiger partial charge in [0, 0.05) is 28.9 Å². The first-order chi connectivity index (χ1) is 13.5. The third-order valence-corrected chi connectivity index (χ3v) is 6.71. The van der Waals surface area contributed by atoms with Gasteiger partial charge in [0.2, 0.25) is 0 Å². The van der Waals surface area contributed by atoms with Crippen LogP contribution >= 0.6 is 23.1 Å². The molecule has 0 saturated heterocycles. The lowest BCUT2D eigenvalue weighted by Crippen LogP contribution is -2.26. The standard InChI is InChI=1S/C20H20N4O2S2/c1-4-12(2)24-18(26)15-7-5-6-8-16(15)22-20(24)28-11-14-9-17(25)23-13(3)10-27-19(23)21-14/h5-10,12H,4,11H2,1-3H3/t12-/m0/s1. The third kappa shape index (κ3) is 3.27. The van der Waals surface area contributed by atoms with Crippen LogP contribution in [0.5, 0.6) is 0 Å². The Kier molecular flexibility index (Phi) is 5.07. The number of nitrogens with zero attached hydrogens (tertiary/aromatic N) is 4. The predicted octanol–water partition coefficient (Wildman–Crippen LogP) is 4.04. The fourth-order valence-corrected chi connectivity index (χ4v) is 4.99. The summed E-state index contributed by atoms with van der Waals surface area (Å²) in [7, 11) is 0. The quantitative estimate of drug-likeness (QED) is 0.366. The van der Waals surface area contributed by atoms with Gasteiger partial charge in [0.15, 0.2) is 10.1 Å². The number of benzene rings is 1. The number of thiazole rings is 1. The van der Waals surface area contributed by atoms with Crippen molar-refractivity contribution in [1.29, 1.82) is 0 Å². The fraction of sp³-hybridized carbons (Fsp3) is 0.300. The molecule has 0 N–H and O–H groups in total. The Labute approximate surface area is 169 Å². The van der Waals surface area contributed by atoms with Crippen LogP contribution in [0, 0.1) is 6.92 Å². The van der Waals surface area contributed by atoms with Gasteiger partial charge in [-0.25, -0.2) is 9.97 Å². The molecule has 0 fully saturated rings. The number of fused-ring (bicyclic) bond motifs is 2. The number of hydrogen-bond donors (Lipinski definition) is 0. The van der Waals surface area contributed by atoms with E-state index in [0.717, 1.165) is 12.1 Å². The van der Waals surface area contributed by atoms with Crippen molar-refractivity contribution in [3.8, 4) is 0 Å². The molecule has 3 aromatic heterocycles. The second kappa shape index (κ2) is 7.52. The Morgan fingerprint density at radius 3 is 2.79 bits per heavy atom. The van der Waals surface area contributed by atoms with Crippen molar-refractivity contribution >= 4 is 39.0 Å². The first kappa shape index (κ1) is 18.9. The van der Waals surface area contributed by atoms with Crippen LogP contribution in [0.3, 0.4) is 0 Å². The van der Waals surface area contributed by atoms with Crippen molar-refractivity contribution in [3.63, 3.8) is 0 Å². The maximum absolute atomic E-state index is 13.0. The normalized spacial score (nSPS) is 12.7. The van der Waals surface area contributed by atoms with Crippen molar-refractivity contribution in [1.82, 2.24) is 18.9 Å². The maximum atomic E-state index is 13.0. The van der Waals surface area contributed by atoms with Crippen molar-refractivity contribution in [3.05, 3.63) is 67.8 Å². The summed E-state index contributed by atoms with van der Waals surface area (Å²) in [5.74, 6) is 0.476. The van der Waals surface area contributed by atoms with E-state index in [1.165, 1.54) is 23.1 Å². The highest BCUT2D eigenvalue weighted by Crippen LogP contribution is 2.25. The first-order valence-corrected chi connectivity index (χ1v) is 11.0. The van der Waals surface area contributed by atoms with Gasteiger partial charge >= 0.3 is 0 Å². The molecular weight excluding hydrogens is 392 g/mol. The molecule has 1 aromatic carbocycles. The zero-order valence-corrected chi connectivity index (χ0v) is 17.5. The third-order valence-electron chi connectivity index (χ3n) is 4.78. The van der Waals surface area contributed by atoms with E-state index in [4.69, 9.17) is 4.98 Å². The molecule has 0 amide bonds. The second-order valence-electron chi connectivity index (χ2n) is 6.71. The van der Waals surface area contributed by atoms with Gasteiger partial charge in [-0.3, -0.25) is 18.6 Å². The fourth-order valence-electron chi connectivity index (χ4n) is 3.11. The van der Waals surface area contributed by atoms with Gasteiger partial charge in [-0.2, -0.15) is 0 Å². The van der Waals surface area contributed by atoms with Gasteiger partial charge in [0.1, 0.15) is 0 Å². The molecule has 4 rings (SSSR count). The lowest BCUT2D eigenvalue weighted by molar-refractivity contribution is 0.468. The average molecular weight is 413 g/mol. The van der Waals surface area contributed by atoms with Gasteiger partial charge in [-0.15, -0.1) is 11.3 Å². The van der Waals surface area contributed by atoms with Crippen molar-refractivity contribution in [2.24, 2.45) is 0 Å². The summed E-state index contributed by atoms with van der Waals surface area (Å²) in [5, 5.41) is 3.20. The van der Waals surface area contributed by atoms with Gasteiger partial charge in [0.05, 0.1) is 16.6 Å². The molecule has 0 aliphatic rings. The average Bonchev–Trinajstić information content (AvgIpc) is 3.07. The Morgan fingerprint density at radius 1 is 1.21 bits per heavy atom. The van der Waals surface area contributed by atoms with Gasteiger partial charge in [-0.1, -0.05) is 30.8 Å². The van der Waals surface area contributed by atoms with Gasteiger partial charge in [-0.05, 0) is 32.4 Å². The SMILES string of the molecule is CC[C@H](C)n1c(SCc2cc(=O)n3c(C)csc3n2)nc2ccccc2c1=O. The van der Waals surface area contributed by atoms with E-state index in [1.807, 2.05) is 43.5 Å². The summed E-state index contributed by atoms with van der Waals surface area (Å²) in [5.41, 5.74) is 2.16. The number of thioether (sulfide) groups is 1. The van der Waals surface area contributed by atoms with E-state index in [-0.39, 0.29) is 17.2 Å². The van der Waals surface area contributed by atoms with Crippen LogP contribution < -0.4 is 11.1 Å². The van der Waals surface area contributed by atoms with Crippen LogP contribution in [0.2, 0.25) is 0 Å². The summed E-state index contributed by atoms with van der Waals surface area (Å²) < 4.78 is 3.37. The molecule has 0 unspecified atom stereocenters. The van der Waals surface area contributed by atoms with Crippen molar-refractivity contribution in [2.75, 3.05) is 0 Å². The van der Waals surface area contributed by atoms with Crippen molar-refractivity contribution in [2.45, 2.75) is 44.1 Å². The summed E-state index contributed by atoms with van der Waals surface area (Å²) >= 11 is 2.89. The Bertz CT molecular complexity index is 1290. The molecule has 0 bridgehead atoms. The Morgan fingerprint density at radius 2 is 2.00 bits per heavy atom. The molecule has 0 aliphatic carbocycles. The van der Waals surface area contributed by atoms with E-state index < -0.39 is 0 Å². The van der Waals surface area contributed by atoms with Crippen LogP contribution in [-0.2, 0) is 5.75 Å². The highest BCUT2D eigenvalue weighted by atomic mass is 32.2. The van der Waals surface area contributed by atoms with Gasteiger partial charge < -0.3 is 0 Å². The topological polar surface area (TPSA) is 69.3 Å². The van der Waals surface area contributed by atoms with Crippen molar-refractivity contribution < 1.29 is 0 Å². The van der Waals surface area contributed by atoms with Gasteiger partial charge in [0.25, 0.3) is 11.1 Å². The van der Waals surface area contributed by atoms with Crippen LogP contribution in [-0.4, -0.2) is 18.9 Å². The molecule has 3 heterocycles. The lowest BCUT2D eigenvalue weighted by atomic mass is 10.2. The van der Waals surface area contributed by atoms with E-state index in [2.05, 4.69) is 11.9 Å². The minimum Gasteiger partial charge on any atom is -0.284 e. The zero-order valence-electron chi connectivity index (χ0n) is 15.9. The summed E-state index contributed by atoms with van der Waals surface area (Å²) in [6.07, 6.45) is 0.827. The zero-order chi connectivity index (χ0) is 19.8. The molecule has 0 radical (unpaired) electrons. The number of para-hydroxylation sites is 1. The smallest absolute Gasteiger partial charge is 0.262 e. The Hall–Kier alpha value is -2.45. The van der Waals surface area contributed by atoms with Crippen LogP contribution in [0.25, 0.3) is 15.9 Å². The highest BCUT2D eigenvalue weighted by molar-refractivity contribution is 7.98. The summed E-state index contributed by atoms with van der Waals surface area (Å²) in [6, 6.07) is 9.00. The van der Waals surface area contributed by atoms with E-state index >= 15 is 0 Å². The van der Waals surface area contributed by atoms with Crippen LogP contribution in [0.1, 0.15) is 37.7 Å². The van der Waals surface area contributed by atoms with Crippen LogP contribution in [0.4, 0.5) is 0 Å². The summed E-state index contributed by atoms with van der Waals surface area (Å²) in [6.45, 7) is 5.97. The maximum Gasteiger partial charge on any atom is 0.262 e. The molecule has 0 aliphatic heterocycles. The Balaban J connectivity index is 1.75. The lowest BCUT2D eigenvalue weighted by Gasteiger charge is -2.18. The molecule has 6 nitrogen and oxygen atoms in total. The molecule has 0 saturated carbocycles.